The highest BCUT2D eigenvalue weighted by molar-refractivity contribution is 5.60. The van der Waals surface area contributed by atoms with E-state index in [2.05, 4.69) is 15.6 Å². The van der Waals surface area contributed by atoms with Crippen LogP contribution in [-0.4, -0.2) is 34.1 Å². The van der Waals surface area contributed by atoms with Crippen LogP contribution in [0, 0.1) is 0 Å². The van der Waals surface area contributed by atoms with E-state index in [0.717, 1.165) is 48.2 Å². The van der Waals surface area contributed by atoms with E-state index < -0.39 is 0 Å². The van der Waals surface area contributed by atoms with Crippen LogP contribution in [0.3, 0.4) is 0 Å². The van der Waals surface area contributed by atoms with Crippen molar-refractivity contribution in [2.45, 2.75) is 26.0 Å². The first-order valence-corrected chi connectivity index (χ1v) is 9.26. The van der Waals surface area contributed by atoms with Crippen LogP contribution in [0.4, 0.5) is 5.82 Å². The van der Waals surface area contributed by atoms with Crippen molar-refractivity contribution in [3.8, 4) is 17.1 Å². The molecule has 0 bridgehead atoms. The summed E-state index contributed by atoms with van der Waals surface area (Å²) in [5.74, 6) is 2.43. The molecule has 0 spiro atoms. The van der Waals surface area contributed by atoms with E-state index >= 15 is 0 Å². The van der Waals surface area contributed by atoms with Crippen molar-refractivity contribution in [3.05, 3.63) is 66.1 Å². The van der Waals surface area contributed by atoms with Crippen molar-refractivity contribution in [1.29, 1.82) is 0 Å². The molecular weight excluding hydrogens is 338 g/mol. The molecule has 0 fully saturated rings. The predicted molar refractivity (Wildman–Crippen MR) is 106 cm³/mol. The van der Waals surface area contributed by atoms with Gasteiger partial charge in [-0.05, 0) is 32.0 Å². The molecule has 6 nitrogen and oxygen atoms in total. The van der Waals surface area contributed by atoms with Crippen molar-refractivity contribution in [2.24, 2.45) is 0 Å². The number of ether oxygens (including phenoxy) is 1. The van der Waals surface area contributed by atoms with Crippen LogP contribution in [-0.2, 0) is 13.0 Å². The normalized spacial score (nSPS) is 14.3. The van der Waals surface area contributed by atoms with Gasteiger partial charge < -0.3 is 15.4 Å². The lowest BCUT2D eigenvalue weighted by molar-refractivity contribution is 0.233. The van der Waals surface area contributed by atoms with Crippen LogP contribution in [0.5, 0.6) is 5.75 Å². The minimum Gasteiger partial charge on any atom is -0.487 e. The maximum absolute atomic E-state index is 5.91. The average molecular weight is 361 g/mol. The molecule has 138 valence electrons. The summed E-state index contributed by atoms with van der Waals surface area (Å²) in [7, 11) is 0. The zero-order valence-electron chi connectivity index (χ0n) is 15.4. The van der Waals surface area contributed by atoms with Crippen molar-refractivity contribution in [3.63, 3.8) is 0 Å². The zero-order valence-corrected chi connectivity index (χ0v) is 15.4. The number of rotatable bonds is 6. The second-order valence-electron chi connectivity index (χ2n) is 6.61. The first kappa shape index (κ1) is 17.4. The molecule has 0 radical (unpaired) electrons. The largest absolute Gasteiger partial charge is 0.487 e. The molecule has 2 N–H and O–H groups in total. The van der Waals surface area contributed by atoms with Crippen LogP contribution in [0.1, 0.15) is 18.2 Å². The number of nitrogens with zero attached hydrogens (tertiary/aromatic N) is 3. The molecule has 27 heavy (non-hydrogen) atoms. The highest BCUT2D eigenvalue weighted by Gasteiger charge is 2.18. The topological polar surface area (TPSA) is 72.0 Å². The Hall–Kier alpha value is -2.99. The highest BCUT2D eigenvalue weighted by atomic mass is 16.5. The number of fused-ring (bicyclic) bond motifs is 1. The minimum atomic E-state index is -0.0123. The van der Waals surface area contributed by atoms with Gasteiger partial charge in [-0.25, -0.2) is 9.97 Å². The Bertz CT molecular complexity index is 886. The molecule has 3 heterocycles. The number of anilines is 1. The van der Waals surface area contributed by atoms with E-state index in [1.807, 2.05) is 49.4 Å². The Morgan fingerprint density at radius 1 is 1.15 bits per heavy atom. The smallest absolute Gasteiger partial charge is 0.161 e. The lowest BCUT2D eigenvalue weighted by Crippen LogP contribution is -2.28. The third-order valence-corrected chi connectivity index (χ3v) is 4.50. The van der Waals surface area contributed by atoms with Gasteiger partial charge in [0.15, 0.2) is 5.82 Å². The molecule has 2 aromatic heterocycles. The fourth-order valence-corrected chi connectivity index (χ4v) is 3.15. The zero-order chi connectivity index (χ0) is 18.5. The van der Waals surface area contributed by atoms with E-state index in [1.54, 1.807) is 12.4 Å². The van der Waals surface area contributed by atoms with E-state index in [1.165, 1.54) is 5.56 Å². The molecule has 1 atom stereocenters. The molecule has 1 aliphatic heterocycles. The van der Waals surface area contributed by atoms with Gasteiger partial charge >= 0.3 is 0 Å². The number of benzene rings is 1. The summed E-state index contributed by atoms with van der Waals surface area (Å²) in [4.78, 5) is 13.7. The van der Waals surface area contributed by atoms with Crippen LogP contribution in [0.15, 0.2) is 54.9 Å². The maximum Gasteiger partial charge on any atom is 0.161 e. The number of hydrogen-bond acceptors (Lipinski definition) is 6. The summed E-state index contributed by atoms with van der Waals surface area (Å²) in [6, 6.07) is 13.9. The van der Waals surface area contributed by atoms with Crippen LogP contribution < -0.4 is 15.4 Å². The summed E-state index contributed by atoms with van der Waals surface area (Å²) >= 11 is 0. The monoisotopic (exact) mass is 361 g/mol. The van der Waals surface area contributed by atoms with Crippen LogP contribution >= 0.6 is 0 Å². The number of aromatic nitrogens is 3. The fraction of sp³-hybridized carbons (Fsp3) is 0.286. The predicted octanol–water partition coefficient (Wildman–Crippen LogP) is 3.06. The Morgan fingerprint density at radius 3 is 2.85 bits per heavy atom. The van der Waals surface area contributed by atoms with Crippen molar-refractivity contribution in [1.82, 2.24) is 20.3 Å². The van der Waals surface area contributed by atoms with Gasteiger partial charge in [0, 0.05) is 23.9 Å². The van der Waals surface area contributed by atoms with E-state index in [4.69, 9.17) is 14.7 Å². The maximum atomic E-state index is 5.91. The highest BCUT2D eigenvalue weighted by Crippen LogP contribution is 2.25. The number of pyridine rings is 1. The molecule has 6 heteroatoms. The summed E-state index contributed by atoms with van der Waals surface area (Å²) < 4.78 is 5.91. The van der Waals surface area contributed by atoms with E-state index in [9.17, 15) is 0 Å². The first-order valence-electron chi connectivity index (χ1n) is 9.26. The molecular formula is C21H23N5O. The lowest BCUT2D eigenvalue weighted by atomic mass is 10.1. The van der Waals surface area contributed by atoms with Gasteiger partial charge in [0.1, 0.15) is 17.7 Å². The third-order valence-electron chi connectivity index (χ3n) is 4.50. The lowest BCUT2D eigenvalue weighted by Gasteiger charge is -2.22. The van der Waals surface area contributed by atoms with E-state index in [0.29, 0.717) is 6.54 Å². The first-order chi connectivity index (χ1) is 13.3. The summed E-state index contributed by atoms with van der Waals surface area (Å²) in [5.41, 5.74) is 3.29. The summed E-state index contributed by atoms with van der Waals surface area (Å²) in [6.45, 7) is 4.40. The van der Waals surface area contributed by atoms with Crippen LogP contribution in [0.25, 0.3) is 11.4 Å². The molecule has 0 saturated heterocycles. The van der Waals surface area contributed by atoms with Crippen molar-refractivity contribution >= 4 is 5.82 Å². The summed E-state index contributed by atoms with van der Waals surface area (Å²) in [6.07, 6.45) is 4.37. The van der Waals surface area contributed by atoms with Gasteiger partial charge in [-0.3, -0.25) is 4.98 Å². The Morgan fingerprint density at radius 2 is 2.04 bits per heavy atom. The Balaban J connectivity index is 1.54. The van der Waals surface area contributed by atoms with Crippen LogP contribution in [0.2, 0.25) is 0 Å². The SMILES string of the molecule is C[C@H](CNc1nc(-c2ccccc2)nc2c1CCNC2)Oc1cccnc1. The molecule has 0 amide bonds. The molecule has 0 aliphatic carbocycles. The van der Waals surface area contributed by atoms with Gasteiger partial charge in [-0.15, -0.1) is 0 Å². The minimum absolute atomic E-state index is 0.0123. The van der Waals surface area contributed by atoms with Gasteiger partial charge in [0.05, 0.1) is 18.4 Å². The number of hydrogen-bond donors (Lipinski definition) is 2. The second-order valence-corrected chi connectivity index (χ2v) is 6.61. The molecule has 1 aromatic carbocycles. The fourth-order valence-electron chi connectivity index (χ4n) is 3.15. The van der Waals surface area contributed by atoms with Crippen molar-refractivity contribution < 1.29 is 4.74 Å². The third kappa shape index (κ3) is 4.23. The van der Waals surface area contributed by atoms with Gasteiger partial charge in [-0.1, -0.05) is 30.3 Å². The van der Waals surface area contributed by atoms with E-state index in [-0.39, 0.29) is 6.10 Å². The Labute approximate surface area is 159 Å². The average Bonchev–Trinajstić information content (AvgIpc) is 2.73. The molecule has 0 saturated carbocycles. The molecule has 3 aromatic rings. The Kier molecular flexibility index (Phi) is 5.25. The number of nitrogens with one attached hydrogen (secondary N) is 2. The van der Waals surface area contributed by atoms with Gasteiger partial charge in [0.2, 0.25) is 0 Å². The van der Waals surface area contributed by atoms with Gasteiger partial charge in [0.25, 0.3) is 0 Å². The standard InChI is InChI=1S/C21H23N5O/c1-15(27-17-8-5-10-22-13-17)12-24-21-18-9-11-23-14-19(18)25-20(26-21)16-6-3-2-4-7-16/h2-8,10,13,15,23H,9,11-12,14H2,1H3,(H,24,25,26)/t15-/m1/s1. The molecule has 4 rings (SSSR count). The molecule has 0 unspecified atom stereocenters. The second kappa shape index (κ2) is 8.14. The molecule has 1 aliphatic rings. The van der Waals surface area contributed by atoms with Gasteiger partial charge in [-0.2, -0.15) is 0 Å². The quantitative estimate of drug-likeness (QED) is 0.703. The van der Waals surface area contributed by atoms with Crippen molar-refractivity contribution in [2.75, 3.05) is 18.4 Å². The summed E-state index contributed by atoms with van der Waals surface area (Å²) in [5, 5.41) is 6.87.